The number of carbonyl (C=O) groups excluding carboxylic acids is 1. The predicted octanol–water partition coefficient (Wildman–Crippen LogP) is 6.10. The largest absolute Gasteiger partial charge is 0.451 e. The molecule has 0 saturated heterocycles. The van der Waals surface area contributed by atoms with Gasteiger partial charge < -0.3 is 9.73 Å². The van der Waals surface area contributed by atoms with Crippen LogP contribution >= 0.6 is 23.4 Å². The fraction of sp³-hybridized carbons (Fsp3) is 0.0455. The van der Waals surface area contributed by atoms with Gasteiger partial charge in [-0.3, -0.25) is 4.79 Å². The van der Waals surface area contributed by atoms with E-state index in [2.05, 4.69) is 15.3 Å². The van der Waals surface area contributed by atoms with E-state index in [1.54, 1.807) is 36.7 Å². The van der Waals surface area contributed by atoms with E-state index in [9.17, 15) is 4.79 Å². The van der Waals surface area contributed by atoms with Crippen LogP contribution in [0.15, 0.2) is 87.5 Å². The second-order valence-electron chi connectivity index (χ2n) is 6.21. The minimum atomic E-state index is -0.321. The molecule has 4 aromatic rings. The Bertz CT molecular complexity index is 1160. The molecule has 144 valence electrons. The van der Waals surface area contributed by atoms with Gasteiger partial charge in [-0.25, -0.2) is 9.97 Å². The lowest BCUT2D eigenvalue weighted by Gasteiger charge is -2.09. The van der Waals surface area contributed by atoms with Gasteiger partial charge in [-0.2, -0.15) is 0 Å². The van der Waals surface area contributed by atoms with Crippen molar-refractivity contribution in [2.75, 3.05) is 5.32 Å². The number of rotatable bonds is 5. The fourth-order valence-corrected chi connectivity index (χ4v) is 3.77. The molecule has 0 unspecified atom stereocenters. The number of hydrogen-bond donors (Lipinski definition) is 1. The van der Waals surface area contributed by atoms with Crippen LogP contribution in [-0.4, -0.2) is 15.9 Å². The molecule has 0 saturated carbocycles. The Morgan fingerprint density at radius 2 is 1.83 bits per heavy atom. The average Bonchev–Trinajstić information content (AvgIpc) is 3.21. The number of nitrogens with one attached hydrogen (secondary N) is 1. The smallest absolute Gasteiger partial charge is 0.291 e. The minimum absolute atomic E-state index is 0.218. The molecule has 0 atom stereocenters. The Kier molecular flexibility index (Phi) is 5.64. The third kappa shape index (κ3) is 4.50. The third-order valence-electron chi connectivity index (χ3n) is 4.17. The molecule has 0 aliphatic rings. The van der Waals surface area contributed by atoms with Gasteiger partial charge in [0, 0.05) is 28.5 Å². The van der Waals surface area contributed by atoms with Gasteiger partial charge in [-0.1, -0.05) is 23.7 Å². The Morgan fingerprint density at radius 3 is 2.59 bits per heavy atom. The van der Waals surface area contributed by atoms with Crippen molar-refractivity contribution in [3.8, 4) is 11.3 Å². The van der Waals surface area contributed by atoms with Gasteiger partial charge in [0.2, 0.25) is 0 Å². The van der Waals surface area contributed by atoms with Crippen LogP contribution in [0.3, 0.4) is 0 Å². The number of aromatic nitrogens is 2. The molecule has 2 aromatic heterocycles. The standard InChI is InChI=1S/C22H16ClN3O2S/c1-14-13-15(29-22-24-11-4-12-25-22)7-8-18(14)26-21(27)20-10-9-19(28-20)16-5-2-3-6-17(16)23/h2-13H,1H3,(H,26,27). The van der Waals surface area contributed by atoms with Crippen molar-refractivity contribution in [3.63, 3.8) is 0 Å². The molecule has 29 heavy (non-hydrogen) atoms. The summed E-state index contributed by atoms with van der Waals surface area (Å²) in [4.78, 5) is 22.0. The zero-order chi connectivity index (χ0) is 20.2. The Labute approximate surface area is 177 Å². The second-order valence-corrected chi connectivity index (χ2v) is 7.66. The van der Waals surface area contributed by atoms with Crippen LogP contribution < -0.4 is 5.32 Å². The normalized spacial score (nSPS) is 10.7. The first-order valence-corrected chi connectivity index (χ1v) is 10.0. The van der Waals surface area contributed by atoms with Crippen LogP contribution in [0.4, 0.5) is 5.69 Å². The molecule has 2 heterocycles. The number of aryl methyl sites for hydroxylation is 1. The summed E-state index contributed by atoms with van der Waals surface area (Å²) in [5.74, 6) is 0.445. The predicted molar refractivity (Wildman–Crippen MR) is 114 cm³/mol. The first-order chi connectivity index (χ1) is 14.1. The lowest BCUT2D eigenvalue weighted by Crippen LogP contribution is -2.11. The van der Waals surface area contributed by atoms with Crippen LogP contribution in [0.25, 0.3) is 11.3 Å². The molecule has 0 aliphatic carbocycles. The van der Waals surface area contributed by atoms with Crippen LogP contribution in [0.2, 0.25) is 5.02 Å². The first kappa shape index (κ1) is 19.2. The summed E-state index contributed by atoms with van der Waals surface area (Å²) in [6.07, 6.45) is 3.41. The maximum absolute atomic E-state index is 12.6. The summed E-state index contributed by atoms with van der Waals surface area (Å²) < 4.78 is 5.71. The number of furan rings is 1. The van der Waals surface area contributed by atoms with Gasteiger partial charge in [-0.15, -0.1) is 0 Å². The number of benzene rings is 2. The molecule has 0 radical (unpaired) electrons. The van der Waals surface area contributed by atoms with Gasteiger partial charge in [0.05, 0.1) is 5.02 Å². The lowest BCUT2D eigenvalue weighted by atomic mass is 10.2. The van der Waals surface area contributed by atoms with Crippen molar-refractivity contribution in [2.24, 2.45) is 0 Å². The summed E-state index contributed by atoms with van der Waals surface area (Å²) in [7, 11) is 0. The van der Waals surface area contributed by atoms with Gasteiger partial charge in [0.15, 0.2) is 10.9 Å². The van der Waals surface area contributed by atoms with Gasteiger partial charge in [0.25, 0.3) is 5.91 Å². The van der Waals surface area contributed by atoms with Gasteiger partial charge in [0.1, 0.15) is 5.76 Å². The highest BCUT2D eigenvalue weighted by atomic mass is 35.5. The van der Waals surface area contributed by atoms with E-state index in [4.69, 9.17) is 16.0 Å². The maximum atomic E-state index is 12.6. The minimum Gasteiger partial charge on any atom is -0.451 e. The summed E-state index contributed by atoms with van der Waals surface area (Å²) in [5, 5.41) is 4.13. The molecule has 4 rings (SSSR count). The van der Waals surface area contributed by atoms with E-state index < -0.39 is 0 Å². The summed E-state index contributed by atoms with van der Waals surface area (Å²) >= 11 is 7.66. The van der Waals surface area contributed by atoms with E-state index in [0.29, 0.717) is 21.6 Å². The van der Waals surface area contributed by atoms with Gasteiger partial charge >= 0.3 is 0 Å². The quantitative estimate of drug-likeness (QED) is 0.394. The zero-order valence-electron chi connectivity index (χ0n) is 15.4. The second kappa shape index (κ2) is 8.51. The van der Waals surface area contributed by atoms with Crippen molar-refractivity contribution in [2.45, 2.75) is 17.0 Å². The van der Waals surface area contributed by atoms with Gasteiger partial charge in [-0.05, 0) is 72.8 Å². The number of carbonyl (C=O) groups is 1. The van der Waals surface area contributed by atoms with Crippen molar-refractivity contribution >= 4 is 35.0 Å². The Hall–Kier alpha value is -3.09. The maximum Gasteiger partial charge on any atom is 0.291 e. The van der Waals surface area contributed by atoms with E-state index in [-0.39, 0.29) is 11.7 Å². The molecule has 1 amide bonds. The number of hydrogen-bond acceptors (Lipinski definition) is 5. The summed E-state index contributed by atoms with van der Waals surface area (Å²) in [5.41, 5.74) is 2.38. The zero-order valence-corrected chi connectivity index (χ0v) is 17.0. The number of anilines is 1. The number of amides is 1. The van der Waals surface area contributed by atoms with Crippen LogP contribution in [-0.2, 0) is 0 Å². The molecule has 0 spiro atoms. The third-order valence-corrected chi connectivity index (χ3v) is 5.38. The van der Waals surface area contributed by atoms with Crippen LogP contribution in [0.5, 0.6) is 0 Å². The lowest BCUT2D eigenvalue weighted by molar-refractivity contribution is 0.0997. The summed E-state index contributed by atoms with van der Waals surface area (Å²) in [6, 6.07) is 18.3. The summed E-state index contributed by atoms with van der Waals surface area (Å²) in [6.45, 7) is 1.93. The molecule has 2 aromatic carbocycles. The monoisotopic (exact) mass is 421 g/mol. The molecule has 0 aliphatic heterocycles. The van der Waals surface area contributed by atoms with Crippen molar-refractivity contribution in [1.29, 1.82) is 0 Å². The number of halogens is 1. The number of nitrogens with zero attached hydrogens (tertiary/aromatic N) is 2. The van der Waals surface area contributed by atoms with Crippen molar-refractivity contribution in [1.82, 2.24) is 9.97 Å². The fourth-order valence-electron chi connectivity index (χ4n) is 2.73. The van der Waals surface area contributed by atoms with Crippen LogP contribution in [0.1, 0.15) is 16.1 Å². The highest BCUT2D eigenvalue weighted by Crippen LogP contribution is 2.30. The average molecular weight is 422 g/mol. The molecule has 0 bridgehead atoms. The molecule has 1 N–H and O–H groups in total. The molecule has 0 fully saturated rings. The Morgan fingerprint density at radius 1 is 1.03 bits per heavy atom. The van der Waals surface area contributed by atoms with E-state index in [1.165, 1.54) is 11.8 Å². The molecule has 5 nitrogen and oxygen atoms in total. The highest BCUT2D eigenvalue weighted by Gasteiger charge is 2.15. The molecular formula is C22H16ClN3O2S. The molecular weight excluding hydrogens is 406 g/mol. The first-order valence-electron chi connectivity index (χ1n) is 8.82. The SMILES string of the molecule is Cc1cc(Sc2ncccn2)ccc1NC(=O)c1ccc(-c2ccccc2Cl)o1. The Balaban J connectivity index is 1.48. The van der Waals surface area contributed by atoms with E-state index in [1.807, 2.05) is 43.3 Å². The van der Waals surface area contributed by atoms with E-state index >= 15 is 0 Å². The van der Waals surface area contributed by atoms with Crippen molar-refractivity contribution in [3.05, 3.63) is 89.4 Å². The highest BCUT2D eigenvalue weighted by molar-refractivity contribution is 7.99. The van der Waals surface area contributed by atoms with E-state index in [0.717, 1.165) is 16.0 Å². The van der Waals surface area contributed by atoms with Crippen LogP contribution in [0, 0.1) is 6.92 Å². The topological polar surface area (TPSA) is 68.0 Å². The molecule has 7 heteroatoms. The van der Waals surface area contributed by atoms with Crippen molar-refractivity contribution < 1.29 is 9.21 Å².